The van der Waals surface area contributed by atoms with Gasteiger partial charge in [-0.05, 0) is 13.3 Å². The Morgan fingerprint density at radius 1 is 1.33 bits per heavy atom. The van der Waals surface area contributed by atoms with Crippen molar-refractivity contribution in [2.45, 2.75) is 33.6 Å². The second-order valence-electron chi connectivity index (χ2n) is 3.68. The summed E-state index contributed by atoms with van der Waals surface area (Å²) in [5.41, 5.74) is 1.32. The Morgan fingerprint density at radius 2 is 1.87 bits per heavy atom. The molecular formula is C13H20O2. The molecule has 1 N–H and O–H groups in total. The molecule has 0 fully saturated rings. The van der Waals surface area contributed by atoms with E-state index in [-0.39, 0.29) is 5.92 Å². The average molecular weight is 208 g/mol. The van der Waals surface area contributed by atoms with E-state index in [9.17, 15) is 4.79 Å². The summed E-state index contributed by atoms with van der Waals surface area (Å²) in [6, 6.07) is 10.3. The van der Waals surface area contributed by atoms with Crippen molar-refractivity contribution in [1.82, 2.24) is 0 Å². The van der Waals surface area contributed by atoms with Crippen LogP contribution in [0.1, 0.15) is 32.3 Å². The predicted molar refractivity (Wildman–Crippen MR) is 62.9 cm³/mol. The Balaban J connectivity index is 0.000000262. The third-order valence-corrected chi connectivity index (χ3v) is 2.08. The zero-order valence-corrected chi connectivity index (χ0v) is 9.73. The highest BCUT2D eigenvalue weighted by Crippen LogP contribution is 2.03. The van der Waals surface area contributed by atoms with Crippen LogP contribution in [0.2, 0.25) is 0 Å². The van der Waals surface area contributed by atoms with Crippen LogP contribution in [0.5, 0.6) is 0 Å². The molecule has 0 aliphatic rings. The summed E-state index contributed by atoms with van der Waals surface area (Å²) in [6.45, 7) is 5.80. The molecule has 0 saturated heterocycles. The molecule has 0 bridgehead atoms. The quantitative estimate of drug-likeness (QED) is 0.825. The highest BCUT2D eigenvalue weighted by Gasteiger charge is 2.07. The fourth-order valence-electron chi connectivity index (χ4n) is 1.09. The summed E-state index contributed by atoms with van der Waals surface area (Å²) in [5, 5.41) is 8.31. The van der Waals surface area contributed by atoms with Crippen LogP contribution in [0.4, 0.5) is 0 Å². The molecule has 15 heavy (non-hydrogen) atoms. The van der Waals surface area contributed by atoms with E-state index in [0.717, 1.165) is 12.8 Å². The molecule has 0 aromatic heterocycles. The molecule has 1 unspecified atom stereocenters. The van der Waals surface area contributed by atoms with Gasteiger partial charge in [0.2, 0.25) is 0 Å². The van der Waals surface area contributed by atoms with Gasteiger partial charge in [-0.3, -0.25) is 4.79 Å². The van der Waals surface area contributed by atoms with Gasteiger partial charge in [-0.1, -0.05) is 56.2 Å². The first kappa shape index (κ1) is 13.7. The number of carboxylic acids is 1. The third-order valence-electron chi connectivity index (χ3n) is 2.08. The number of aliphatic carboxylic acids is 1. The Hall–Kier alpha value is -1.31. The fraction of sp³-hybridized carbons (Fsp3) is 0.462. The molecule has 1 aromatic rings. The van der Waals surface area contributed by atoms with Gasteiger partial charge in [0, 0.05) is 0 Å². The van der Waals surface area contributed by atoms with Crippen LogP contribution in [0, 0.1) is 12.8 Å². The van der Waals surface area contributed by atoms with E-state index in [4.69, 9.17) is 5.11 Å². The fourth-order valence-corrected chi connectivity index (χ4v) is 1.09. The predicted octanol–water partition coefficient (Wildman–Crippen LogP) is 3.50. The summed E-state index contributed by atoms with van der Waals surface area (Å²) < 4.78 is 0. The van der Waals surface area contributed by atoms with E-state index < -0.39 is 5.97 Å². The zero-order chi connectivity index (χ0) is 11.7. The molecule has 1 rings (SSSR count). The Morgan fingerprint density at radius 3 is 2.07 bits per heavy atom. The van der Waals surface area contributed by atoms with Crippen LogP contribution in [0.15, 0.2) is 30.3 Å². The Bertz CT molecular complexity index is 267. The van der Waals surface area contributed by atoms with Crippen molar-refractivity contribution in [2.24, 2.45) is 5.92 Å². The maximum absolute atomic E-state index is 10.1. The molecule has 0 heterocycles. The first-order valence-corrected chi connectivity index (χ1v) is 5.32. The van der Waals surface area contributed by atoms with Gasteiger partial charge < -0.3 is 5.11 Å². The normalized spacial score (nSPS) is 11.1. The lowest BCUT2D eigenvalue weighted by Gasteiger charge is -2.00. The summed E-state index contributed by atoms with van der Waals surface area (Å²) in [4.78, 5) is 10.1. The molecule has 2 heteroatoms. The SMILES string of the molecule is CCCC(C)C(=O)O.Cc1ccccc1. The van der Waals surface area contributed by atoms with Crippen molar-refractivity contribution >= 4 is 5.97 Å². The third kappa shape index (κ3) is 7.74. The number of aryl methyl sites for hydroxylation is 1. The molecule has 0 amide bonds. The van der Waals surface area contributed by atoms with Crippen LogP contribution < -0.4 is 0 Å². The van der Waals surface area contributed by atoms with E-state index in [0.29, 0.717) is 0 Å². The van der Waals surface area contributed by atoms with Crippen molar-refractivity contribution in [3.8, 4) is 0 Å². The summed E-state index contributed by atoms with van der Waals surface area (Å²) >= 11 is 0. The lowest BCUT2D eigenvalue weighted by atomic mass is 10.1. The molecule has 0 aliphatic heterocycles. The first-order valence-electron chi connectivity index (χ1n) is 5.32. The molecule has 1 aromatic carbocycles. The highest BCUT2D eigenvalue weighted by atomic mass is 16.4. The van der Waals surface area contributed by atoms with Gasteiger partial charge in [0.25, 0.3) is 0 Å². The summed E-state index contributed by atoms with van der Waals surface area (Å²) in [5.74, 6) is -0.855. The minimum atomic E-state index is -0.688. The first-order chi connectivity index (χ1) is 7.07. The summed E-state index contributed by atoms with van der Waals surface area (Å²) in [6.07, 6.45) is 1.74. The van der Waals surface area contributed by atoms with Crippen molar-refractivity contribution < 1.29 is 9.90 Å². The maximum atomic E-state index is 10.1. The number of benzene rings is 1. The molecule has 1 atom stereocenters. The monoisotopic (exact) mass is 208 g/mol. The number of hydrogen-bond donors (Lipinski definition) is 1. The van der Waals surface area contributed by atoms with Crippen molar-refractivity contribution in [1.29, 1.82) is 0 Å². The molecule has 84 valence electrons. The van der Waals surface area contributed by atoms with Gasteiger partial charge in [0.1, 0.15) is 0 Å². The van der Waals surface area contributed by atoms with Crippen LogP contribution in [0.25, 0.3) is 0 Å². The largest absolute Gasteiger partial charge is 0.481 e. The van der Waals surface area contributed by atoms with E-state index >= 15 is 0 Å². The van der Waals surface area contributed by atoms with E-state index in [1.807, 2.05) is 25.1 Å². The van der Waals surface area contributed by atoms with Gasteiger partial charge in [0.15, 0.2) is 0 Å². The van der Waals surface area contributed by atoms with Crippen LogP contribution >= 0.6 is 0 Å². The topological polar surface area (TPSA) is 37.3 Å². The highest BCUT2D eigenvalue weighted by molar-refractivity contribution is 5.69. The number of carboxylic acid groups (broad SMARTS) is 1. The van der Waals surface area contributed by atoms with E-state index in [1.54, 1.807) is 6.92 Å². The van der Waals surface area contributed by atoms with Crippen molar-refractivity contribution in [2.75, 3.05) is 0 Å². The molecule has 0 spiro atoms. The Kier molecular flexibility index (Phi) is 7.33. The zero-order valence-electron chi connectivity index (χ0n) is 9.73. The second-order valence-corrected chi connectivity index (χ2v) is 3.68. The molecule has 2 nitrogen and oxygen atoms in total. The van der Waals surface area contributed by atoms with Crippen LogP contribution in [-0.2, 0) is 4.79 Å². The number of hydrogen-bond acceptors (Lipinski definition) is 1. The van der Waals surface area contributed by atoms with Gasteiger partial charge in [-0.15, -0.1) is 0 Å². The average Bonchev–Trinajstić information content (AvgIpc) is 2.20. The minimum Gasteiger partial charge on any atom is -0.481 e. The molecule has 0 aliphatic carbocycles. The lowest BCUT2D eigenvalue weighted by molar-refractivity contribution is -0.141. The molecule has 0 radical (unpaired) electrons. The van der Waals surface area contributed by atoms with Gasteiger partial charge >= 0.3 is 5.97 Å². The number of rotatable bonds is 3. The van der Waals surface area contributed by atoms with Gasteiger partial charge in [0.05, 0.1) is 5.92 Å². The second kappa shape index (κ2) is 8.04. The minimum absolute atomic E-state index is 0.167. The standard InChI is InChI=1S/C7H8.C6H12O2/c1-7-5-3-2-4-6-7;1-3-4-5(2)6(7)8/h2-6H,1H3;5H,3-4H2,1-2H3,(H,7,8). The van der Waals surface area contributed by atoms with E-state index in [1.165, 1.54) is 5.56 Å². The summed E-state index contributed by atoms with van der Waals surface area (Å²) in [7, 11) is 0. The molecular weight excluding hydrogens is 188 g/mol. The van der Waals surface area contributed by atoms with E-state index in [2.05, 4.69) is 19.1 Å². The molecule has 0 saturated carbocycles. The smallest absolute Gasteiger partial charge is 0.306 e. The van der Waals surface area contributed by atoms with Crippen LogP contribution in [-0.4, -0.2) is 11.1 Å². The van der Waals surface area contributed by atoms with Crippen molar-refractivity contribution in [3.05, 3.63) is 35.9 Å². The number of carbonyl (C=O) groups is 1. The lowest BCUT2D eigenvalue weighted by Crippen LogP contribution is -2.08. The van der Waals surface area contributed by atoms with Crippen molar-refractivity contribution in [3.63, 3.8) is 0 Å². The van der Waals surface area contributed by atoms with Gasteiger partial charge in [-0.25, -0.2) is 0 Å². The van der Waals surface area contributed by atoms with Crippen LogP contribution in [0.3, 0.4) is 0 Å². The maximum Gasteiger partial charge on any atom is 0.306 e. The van der Waals surface area contributed by atoms with Gasteiger partial charge in [-0.2, -0.15) is 0 Å². The Labute approximate surface area is 91.9 Å².